The van der Waals surface area contributed by atoms with Crippen LogP contribution >= 0.6 is 15.9 Å². The van der Waals surface area contributed by atoms with Gasteiger partial charge in [0.1, 0.15) is 29.8 Å². The molecule has 1 amide bonds. The lowest BCUT2D eigenvalue weighted by atomic mass is 10.1. The highest BCUT2D eigenvalue weighted by Gasteiger charge is 2.10. The molecule has 0 bridgehead atoms. The molecule has 0 radical (unpaired) electrons. The fraction of sp³-hybridized carbons (Fsp3) is 0.0435. The third-order valence-electron chi connectivity index (χ3n) is 4.01. The van der Waals surface area contributed by atoms with Crippen LogP contribution in [0.3, 0.4) is 0 Å². The minimum atomic E-state index is -0.491. The number of benzene rings is 3. The van der Waals surface area contributed by atoms with Crippen molar-refractivity contribution in [2.24, 2.45) is 0 Å². The van der Waals surface area contributed by atoms with Crippen molar-refractivity contribution in [3.05, 3.63) is 99.8 Å². The zero-order valence-electron chi connectivity index (χ0n) is 15.2. The third-order valence-corrected chi connectivity index (χ3v) is 4.54. The molecule has 0 aromatic heterocycles. The van der Waals surface area contributed by atoms with Gasteiger partial charge >= 0.3 is 0 Å². The molecule has 3 rings (SSSR count). The molecule has 3 aromatic rings. The largest absolute Gasteiger partial charge is 0.489 e. The molecule has 6 heteroatoms. The van der Waals surface area contributed by atoms with Crippen LogP contribution in [0, 0.1) is 17.1 Å². The van der Waals surface area contributed by atoms with E-state index >= 15 is 0 Å². The molecule has 0 saturated heterocycles. The van der Waals surface area contributed by atoms with Crippen LogP contribution in [-0.2, 0) is 11.4 Å². The standard InChI is InChI=1S/C23H16BrFN2O2/c24-19-7-9-20(10-8-19)27-23(28)18(14-26)13-16-5-11-21(12-6-16)29-15-17-3-1-2-4-22(17)25/h1-13H,15H2,(H,27,28)/b18-13-. The molecule has 0 aliphatic carbocycles. The average molecular weight is 451 g/mol. The Kier molecular flexibility index (Phi) is 6.77. The summed E-state index contributed by atoms with van der Waals surface area (Å²) in [5, 5.41) is 12.0. The number of anilines is 1. The molecule has 3 aromatic carbocycles. The molecular weight excluding hydrogens is 435 g/mol. The number of hydrogen-bond acceptors (Lipinski definition) is 3. The minimum Gasteiger partial charge on any atom is -0.489 e. The van der Waals surface area contributed by atoms with E-state index in [2.05, 4.69) is 21.2 Å². The normalized spacial score (nSPS) is 10.9. The predicted molar refractivity (Wildman–Crippen MR) is 114 cm³/mol. The summed E-state index contributed by atoms with van der Waals surface area (Å²) in [7, 11) is 0. The van der Waals surface area contributed by atoms with Gasteiger partial charge in [0.15, 0.2) is 0 Å². The van der Waals surface area contributed by atoms with Crippen molar-refractivity contribution in [2.75, 3.05) is 5.32 Å². The van der Waals surface area contributed by atoms with Crippen molar-refractivity contribution >= 4 is 33.6 Å². The topological polar surface area (TPSA) is 62.1 Å². The van der Waals surface area contributed by atoms with Crippen LogP contribution in [0.5, 0.6) is 5.75 Å². The van der Waals surface area contributed by atoms with Gasteiger partial charge in [0, 0.05) is 15.7 Å². The first kappa shape index (κ1) is 20.3. The van der Waals surface area contributed by atoms with Crippen molar-refractivity contribution in [3.63, 3.8) is 0 Å². The van der Waals surface area contributed by atoms with Crippen molar-refractivity contribution < 1.29 is 13.9 Å². The zero-order valence-corrected chi connectivity index (χ0v) is 16.8. The number of rotatable bonds is 6. The van der Waals surface area contributed by atoms with Gasteiger partial charge < -0.3 is 10.1 Å². The van der Waals surface area contributed by atoms with E-state index in [0.717, 1.165) is 4.47 Å². The van der Waals surface area contributed by atoms with Gasteiger partial charge in [-0.05, 0) is 54.1 Å². The number of ether oxygens (including phenoxy) is 1. The smallest absolute Gasteiger partial charge is 0.266 e. The van der Waals surface area contributed by atoms with Gasteiger partial charge in [0.05, 0.1) is 0 Å². The third kappa shape index (κ3) is 5.77. The second-order valence-corrected chi connectivity index (χ2v) is 7.00. The Morgan fingerprint density at radius 2 is 1.76 bits per heavy atom. The Balaban J connectivity index is 1.65. The van der Waals surface area contributed by atoms with Crippen LogP contribution < -0.4 is 10.1 Å². The number of carbonyl (C=O) groups is 1. The summed E-state index contributed by atoms with van der Waals surface area (Å²) in [5.74, 6) is -0.250. The highest BCUT2D eigenvalue weighted by atomic mass is 79.9. The lowest BCUT2D eigenvalue weighted by Crippen LogP contribution is -2.13. The molecular formula is C23H16BrFN2O2. The van der Waals surface area contributed by atoms with E-state index < -0.39 is 5.91 Å². The molecule has 0 saturated carbocycles. The second-order valence-electron chi connectivity index (χ2n) is 6.08. The summed E-state index contributed by atoms with van der Waals surface area (Å²) in [4.78, 5) is 12.3. The molecule has 0 unspecified atom stereocenters. The molecule has 0 aliphatic heterocycles. The summed E-state index contributed by atoms with van der Waals surface area (Å²) >= 11 is 3.33. The van der Waals surface area contributed by atoms with Gasteiger partial charge in [-0.25, -0.2) is 4.39 Å². The molecule has 0 fully saturated rings. The average Bonchev–Trinajstić information content (AvgIpc) is 2.74. The maximum atomic E-state index is 13.6. The summed E-state index contributed by atoms with van der Waals surface area (Å²) in [6.07, 6.45) is 1.49. The molecule has 4 nitrogen and oxygen atoms in total. The zero-order chi connectivity index (χ0) is 20.6. The number of halogens is 2. The molecule has 1 N–H and O–H groups in total. The van der Waals surface area contributed by atoms with Gasteiger partial charge in [0.25, 0.3) is 5.91 Å². The van der Waals surface area contributed by atoms with Crippen LogP contribution in [0.15, 0.2) is 82.8 Å². The lowest BCUT2D eigenvalue weighted by molar-refractivity contribution is -0.112. The summed E-state index contributed by atoms with van der Waals surface area (Å²) in [6, 6.07) is 22.3. The van der Waals surface area contributed by atoms with Crippen LogP contribution in [0.2, 0.25) is 0 Å². The molecule has 144 valence electrons. The summed E-state index contributed by atoms with van der Waals surface area (Å²) < 4.78 is 20.1. The number of amides is 1. The maximum Gasteiger partial charge on any atom is 0.266 e. The Morgan fingerprint density at radius 1 is 1.07 bits per heavy atom. The maximum absolute atomic E-state index is 13.6. The lowest BCUT2D eigenvalue weighted by Gasteiger charge is -2.07. The Hall–Kier alpha value is -3.43. The van der Waals surface area contributed by atoms with Gasteiger partial charge in [-0.3, -0.25) is 4.79 Å². The summed E-state index contributed by atoms with van der Waals surface area (Å²) in [6.45, 7) is 0.112. The first-order valence-electron chi connectivity index (χ1n) is 8.70. The number of nitriles is 1. The summed E-state index contributed by atoms with van der Waals surface area (Å²) in [5.41, 5.74) is 1.71. The van der Waals surface area contributed by atoms with Gasteiger partial charge in [-0.1, -0.05) is 46.3 Å². The van der Waals surface area contributed by atoms with Crippen LogP contribution in [0.1, 0.15) is 11.1 Å². The first-order chi connectivity index (χ1) is 14.0. The van der Waals surface area contributed by atoms with E-state index in [1.54, 1.807) is 66.7 Å². The van der Waals surface area contributed by atoms with Crippen molar-refractivity contribution in [2.45, 2.75) is 6.61 Å². The molecule has 0 spiro atoms. The number of carbonyl (C=O) groups excluding carboxylic acids is 1. The predicted octanol–water partition coefficient (Wildman–Crippen LogP) is 5.71. The highest BCUT2D eigenvalue weighted by molar-refractivity contribution is 9.10. The van der Waals surface area contributed by atoms with Gasteiger partial charge in [-0.15, -0.1) is 0 Å². The van der Waals surface area contributed by atoms with Crippen LogP contribution in [0.4, 0.5) is 10.1 Å². The van der Waals surface area contributed by atoms with E-state index in [9.17, 15) is 14.4 Å². The van der Waals surface area contributed by atoms with Crippen molar-refractivity contribution in [1.29, 1.82) is 5.26 Å². The SMILES string of the molecule is N#C/C(=C/c1ccc(OCc2ccccc2F)cc1)C(=O)Nc1ccc(Br)cc1. The Morgan fingerprint density at radius 3 is 2.41 bits per heavy atom. The molecule has 29 heavy (non-hydrogen) atoms. The first-order valence-corrected chi connectivity index (χ1v) is 9.49. The van der Waals surface area contributed by atoms with E-state index in [1.165, 1.54) is 12.1 Å². The van der Waals surface area contributed by atoms with Crippen molar-refractivity contribution in [1.82, 2.24) is 0 Å². The highest BCUT2D eigenvalue weighted by Crippen LogP contribution is 2.18. The van der Waals surface area contributed by atoms with Gasteiger partial charge in [-0.2, -0.15) is 5.26 Å². The quantitative estimate of drug-likeness (QED) is 0.386. The Labute approximate surface area is 176 Å². The monoisotopic (exact) mass is 450 g/mol. The molecule has 0 aliphatic rings. The van der Waals surface area contributed by atoms with Crippen molar-refractivity contribution in [3.8, 4) is 11.8 Å². The van der Waals surface area contributed by atoms with E-state index in [4.69, 9.17) is 4.74 Å². The van der Waals surface area contributed by atoms with E-state index in [-0.39, 0.29) is 18.0 Å². The van der Waals surface area contributed by atoms with E-state index in [1.807, 2.05) is 6.07 Å². The van der Waals surface area contributed by atoms with Crippen LogP contribution in [-0.4, -0.2) is 5.91 Å². The molecule has 0 heterocycles. The Bertz CT molecular complexity index is 1070. The van der Waals surface area contributed by atoms with Crippen LogP contribution in [0.25, 0.3) is 6.08 Å². The fourth-order valence-corrected chi connectivity index (χ4v) is 2.75. The number of hydrogen-bond donors (Lipinski definition) is 1. The minimum absolute atomic E-state index is 0.0204. The van der Waals surface area contributed by atoms with Gasteiger partial charge in [0.2, 0.25) is 0 Å². The molecule has 0 atom stereocenters. The van der Waals surface area contributed by atoms with E-state index in [0.29, 0.717) is 22.6 Å². The second kappa shape index (κ2) is 9.67. The number of nitrogens with zero attached hydrogens (tertiary/aromatic N) is 1. The fourth-order valence-electron chi connectivity index (χ4n) is 2.48. The number of nitrogens with one attached hydrogen (secondary N) is 1.